The Bertz CT molecular complexity index is 609. The summed E-state index contributed by atoms with van der Waals surface area (Å²) in [5, 5.41) is 0.263. The van der Waals surface area contributed by atoms with E-state index in [1.54, 1.807) is 0 Å². The van der Waals surface area contributed by atoms with Gasteiger partial charge in [0.05, 0.1) is 0 Å². The van der Waals surface area contributed by atoms with Crippen molar-refractivity contribution < 1.29 is 0 Å². The molecule has 2 aromatic rings. The summed E-state index contributed by atoms with van der Waals surface area (Å²) >= 11 is 6.08. The first-order valence-corrected chi connectivity index (χ1v) is 7.34. The zero-order valence-corrected chi connectivity index (χ0v) is 12.3. The molecule has 0 spiro atoms. The molecule has 0 N–H and O–H groups in total. The topological polar surface area (TPSA) is 41.9 Å². The smallest absolute Gasteiger partial charge is 0.230 e. The molecule has 1 aromatic carbocycles. The SMILES string of the molecule is Cc1ccccc1-c1nc(Cl)nc(N2CCCCC2)n1. The van der Waals surface area contributed by atoms with E-state index in [0.717, 1.165) is 24.2 Å². The van der Waals surface area contributed by atoms with Gasteiger partial charge in [0.2, 0.25) is 11.2 Å². The number of rotatable bonds is 2. The van der Waals surface area contributed by atoms with E-state index in [1.807, 2.05) is 31.2 Å². The van der Waals surface area contributed by atoms with Crippen molar-refractivity contribution in [2.75, 3.05) is 18.0 Å². The fourth-order valence-corrected chi connectivity index (χ4v) is 2.67. The predicted octanol–water partition coefficient (Wildman–Crippen LogP) is 3.49. The third-order valence-corrected chi connectivity index (χ3v) is 3.79. The highest BCUT2D eigenvalue weighted by atomic mass is 35.5. The zero-order chi connectivity index (χ0) is 13.9. The van der Waals surface area contributed by atoms with Gasteiger partial charge in [-0.1, -0.05) is 24.3 Å². The first kappa shape index (κ1) is 13.3. The van der Waals surface area contributed by atoms with Gasteiger partial charge in [-0.25, -0.2) is 0 Å². The Morgan fingerprint density at radius 2 is 1.75 bits per heavy atom. The van der Waals surface area contributed by atoms with Crippen LogP contribution in [0.5, 0.6) is 0 Å². The van der Waals surface area contributed by atoms with Gasteiger partial charge in [-0.15, -0.1) is 0 Å². The zero-order valence-electron chi connectivity index (χ0n) is 11.5. The maximum atomic E-state index is 6.08. The molecule has 0 bridgehead atoms. The Labute approximate surface area is 123 Å². The lowest BCUT2D eigenvalue weighted by Gasteiger charge is -2.26. The van der Waals surface area contributed by atoms with E-state index in [9.17, 15) is 0 Å². The molecule has 0 amide bonds. The number of nitrogens with zero attached hydrogens (tertiary/aromatic N) is 4. The lowest BCUT2D eigenvalue weighted by Crippen LogP contribution is -2.31. The van der Waals surface area contributed by atoms with Crippen LogP contribution in [0.25, 0.3) is 11.4 Å². The number of piperidine rings is 1. The van der Waals surface area contributed by atoms with Gasteiger partial charge in [0, 0.05) is 18.7 Å². The first-order valence-electron chi connectivity index (χ1n) is 6.96. The maximum absolute atomic E-state index is 6.08. The molecule has 0 radical (unpaired) electrons. The van der Waals surface area contributed by atoms with Crippen molar-refractivity contribution in [3.63, 3.8) is 0 Å². The Kier molecular flexibility index (Phi) is 3.83. The lowest BCUT2D eigenvalue weighted by molar-refractivity contribution is 0.567. The average molecular weight is 289 g/mol. The molecule has 2 heterocycles. The molecule has 1 saturated heterocycles. The summed E-state index contributed by atoms with van der Waals surface area (Å²) in [4.78, 5) is 15.4. The lowest BCUT2D eigenvalue weighted by atomic mass is 10.1. The van der Waals surface area contributed by atoms with Gasteiger partial charge in [0.25, 0.3) is 0 Å². The Morgan fingerprint density at radius 1 is 1.00 bits per heavy atom. The number of hydrogen-bond acceptors (Lipinski definition) is 4. The van der Waals surface area contributed by atoms with E-state index in [0.29, 0.717) is 11.8 Å². The summed E-state index contributed by atoms with van der Waals surface area (Å²) in [5.74, 6) is 1.35. The van der Waals surface area contributed by atoms with E-state index in [2.05, 4.69) is 19.9 Å². The average Bonchev–Trinajstić information content (AvgIpc) is 2.48. The Hall–Kier alpha value is -1.68. The molecule has 1 fully saturated rings. The van der Waals surface area contributed by atoms with E-state index >= 15 is 0 Å². The standard InChI is InChI=1S/C15H17ClN4/c1-11-7-3-4-8-12(11)13-17-14(16)19-15(18-13)20-9-5-2-6-10-20/h3-4,7-8H,2,5-6,9-10H2,1H3. The van der Waals surface area contributed by atoms with E-state index in [-0.39, 0.29) is 5.28 Å². The summed E-state index contributed by atoms with van der Waals surface area (Å²) in [6.07, 6.45) is 3.64. The highest BCUT2D eigenvalue weighted by Crippen LogP contribution is 2.24. The Morgan fingerprint density at radius 3 is 2.50 bits per heavy atom. The number of hydrogen-bond donors (Lipinski definition) is 0. The molecule has 1 aliphatic heterocycles. The number of anilines is 1. The molecular formula is C15H17ClN4. The second kappa shape index (κ2) is 5.75. The van der Waals surface area contributed by atoms with Crippen molar-refractivity contribution in [2.24, 2.45) is 0 Å². The van der Waals surface area contributed by atoms with Gasteiger partial charge in [0.15, 0.2) is 5.82 Å². The summed E-state index contributed by atoms with van der Waals surface area (Å²) in [6, 6.07) is 8.06. The van der Waals surface area contributed by atoms with Gasteiger partial charge in [-0.05, 0) is 43.4 Å². The summed E-state index contributed by atoms with van der Waals surface area (Å²) in [5.41, 5.74) is 2.15. The maximum Gasteiger partial charge on any atom is 0.230 e. The molecule has 104 valence electrons. The molecular weight excluding hydrogens is 272 g/mol. The minimum Gasteiger partial charge on any atom is -0.341 e. The fraction of sp³-hybridized carbons (Fsp3) is 0.400. The van der Waals surface area contributed by atoms with Crippen LogP contribution in [0.1, 0.15) is 24.8 Å². The molecule has 1 aromatic heterocycles. The normalized spacial score (nSPS) is 15.4. The van der Waals surface area contributed by atoms with Crippen LogP contribution in [-0.2, 0) is 0 Å². The van der Waals surface area contributed by atoms with Crippen LogP contribution in [0, 0.1) is 6.92 Å². The molecule has 0 saturated carbocycles. The highest BCUT2D eigenvalue weighted by molar-refractivity contribution is 6.28. The third kappa shape index (κ3) is 2.75. The molecule has 0 aliphatic carbocycles. The molecule has 5 heteroatoms. The largest absolute Gasteiger partial charge is 0.341 e. The number of aromatic nitrogens is 3. The van der Waals surface area contributed by atoms with Crippen molar-refractivity contribution in [2.45, 2.75) is 26.2 Å². The second-order valence-corrected chi connectivity index (χ2v) is 5.43. The van der Waals surface area contributed by atoms with E-state index < -0.39 is 0 Å². The molecule has 20 heavy (non-hydrogen) atoms. The first-order chi connectivity index (χ1) is 9.74. The predicted molar refractivity (Wildman–Crippen MR) is 81.1 cm³/mol. The van der Waals surface area contributed by atoms with Crippen molar-refractivity contribution in [3.05, 3.63) is 35.1 Å². The van der Waals surface area contributed by atoms with Crippen molar-refractivity contribution in [1.82, 2.24) is 15.0 Å². The summed E-state index contributed by atoms with van der Waals surface area (Å²) < 4.78 is 0. The van der Waals surface area contributed by atoms with E-state index in [1.165, 1.54) is 19.3 Å². The molecule has 0 atom stereocenters. The summed E-state index contributed by atoms with van der Waals surface area (Å²) in [7, 11) is 0. The van der Waals surface area contributed by atoms with Gasteiger partial charge in [0.1, 0.15) is 0 Å². The van der Waals surface area contributed by atoms with Crippen LogP contribution < -0.4 is 4.90 Å². The van der Waals surface area contributed by atoms with Crippen LogP contribution in [0.15, 0.2) is 24.3 Å². The monoisotopic (exact) mass is 288 g/mol. The van der Waals surface area contributed by atoms with Crippen LogP contribution in [0.3, 0.4) is 0 Å². The second-order valence-electron chi connectivity index (χ2n) is 5.09. The van der Waals surface area contributed by atoms with Gasteiger partial charge in [-0.2, -0.15) is 15.0 Å². The molecule has 4 nitrogen and oxygen atoms in total. The van der Waals surface area contributed by atoms with Crippen molar-refractivity contribution in [1.29, 1.82) is 0 Å². The minimum absolute atomic E-state index is 0.263. The van der Waals surface area contributed by atoms with Crippen LogP contribution >= 0.6 is 11.6 Å². The van der Waals surface area contributed by atoms with Crippen molar-refractivity contribution in [3.8, 4) is 11.4 Å². The highest BCUT2D eigenvalue weighted by Gasteiger charge is 2.16. The van der Waals surface area contributed by atoms with E-state index in [4.69, 9.17) is 11.6 Å². The van der Waals surface area contributed by atoms with Gasteiger partial charge in [-0.3, -0.25) is 0 Å². The molecule has 0 unspecified atom stereocenters. The van der Waals surface area contributed by atoms with Crippen molar-refractivity contribution >= 4 is 17.5 Å². The van der Waals surface area contributed by atoms with Gasteiger partial charge >= 0.3 is 0 Å². The van der Waals surface area contributed by atoms with Crippen LogP contribution in [0.4, 0.5) is 5.95 Å². The summed E-state index contributed by atoms with van der Waals surface area (Å²) in [6.45, 7) is 4.04. The molecule has 3 rings (SSSR count). The number of halogens is 1. The molecule has 1 aliphatic rings. The number of aryl methyl sites for hydroxylation is 1. The quantitative estimate of drug-likeness (QED) is 0.848. The van der Waals surface area contributed by atoms with Gasteiger partial charge < -0.3 is 4.90 Å². The van der Waals surface area contributed by atoms with Crippen LogP contribution in [0.2, 0.25) is 5.28 Å². The third-order valence-electron chi connectivity index (χ3n) is 3.62. The number of benzene rings is 1. The fourth-order valence-electron chi connectivity index (χ4n) is 2.52. The Balaban J connectivity index is 2.00. The van der Waals surface area contributed by atoms with Crippen LogP contribution in [-0.4, -0.2) is 28.0 Å². The minimum atomic E-state index is 0.263.